The molecule has 3 heterocycles. The van der Waals surface area contributed by atoms with Gasteiger partial charge in [0.05, 0.1) is 35.1 Å². The fourth-order valence-corrected chi connectivity index (χ4v) is 4.28. The Morgan fingerprint density at radius 2 is 1.97 bits per heavy atom. The Morgan fingerprint density at radius 3 is 2.73 bits per heavy atom. The second-order valence-corrected chi connectivity index (χ2v) is 8.52. The van der Waals surface area contributed by atoms with Gasteiger partial charge in [0, 0.05) is 29.7 Å². The highest BCUT2D eigenvalue weighted by atomic mass is 19.4. The van der Waals surface area contributed by atoms with Crippen LogP contribution in [0.4, 0.5) is 18.9 Å². The summed E-state index contributed by atoms with van der Waals surface area (Å²) in [6, 6.07) is 11.7. The summed E-state index contributed by atoms with van der Waals surface area (Å²) in [5.41, 5.74) is 2.65. The van der Waals surface area contributed by atoms with E-state index < -0.39 is 17.6 Å². The molecule has 5 rings (SSSR count). The molecule has 3 N–H and O–H groups in total. The smallest absolute Gasteiger partial charge is 0.358 e. The molecular weight excluding hydrogens is 485 g/mol. The third-order valence-electron chi connectivity index (χ3n) is 5.94. The van der Waals surface area contributed by atoms with Gasteiger partial charge in [-0.15, -0.1) is 5.10 Å². The maximum Gasteiger partial charge on any atom is 0.416 e. The zero-order valence-electron chi connectivity index (χ0n) is 19.6. The first-order chi connectivity index (χ1) is 17.7. The normalized spacial score (nSPS) is 14.1. The van der Waals surface area contributed by atoms with Crippen molar-refractivity contribution in [2.45, 2.75) is 19.6 Å². The van der Waals surface area contributed by atoms with Crippen LogP contribution >= 0.6 is 0 Å². The Hall–Kier alpha value is -4.67. The minimum atomic E-state index is -4.50. The largest absolute Gasteiger partial charge is 0.416 e. The molecule has 0 bridgehead atoms. The third kappa shape index (κ3) is 4.88. The van der Waals surface area contributed by atoms with E-state index in [-0.39, 0.29) is 11.5 Å². The molecule has 0 atom stereocenters. The molecule has 0 unspecified atom stereocenters. The third-order valence-corrected chi connectivity index (χ3v) is 5.94. The number of aromatic nitrogens is 4. The topological polar surface area (TPSA) is 105 Å². The fraction of sp³-hybridized carbons (Fsp3) is 0.154. The van der Waals surface area contributed by atoms with Crippen LogP contribution in [0, 0.1) is 6.92 Å². The SMILES string of the molecule is Cc1cc(C(=O)NCCn2ccnn2)c(C=C2C(=O)Nc3cccc(-c4cccc(C(F)(F)F)c4)c32)[nH]1. The number of rotatable bonds is 6. The lowest BCUT2D eigenvalue weighted by molar-refractivity contribution is -0.137. The molecule has 2 amide bonds. The lowest BCUT2D eigenvalue weighted by atomic mass is 9.93. The van der Waals surface area contributed by atoms with Crippen LogP contribution in [-0.4, -0.2) is 38.3 Å². The van der Waals surface area contributed by atoms with E-state index in [9.17, 15) is 22.8 Å². The highest BCUT2D eigenvalue weighted by Gasteiger charge is 2.32. The number of amides is 2. The van der Waals surface area contributed by atoms with Crippen LogP contribution in [0.25, 0.3) is 22.8 Å². The highest BCUT2D eigenvalue weighted by molar-refractivity contribution is 6.36. The fourth-order valence-electron chi connectivity index (χ4n) is 4.28. The Labute approximate surface area is 209 Å². The first-order valence-electron chi connectivity index (χ1n) is 11.4. The summed E-state index contributed by atoms with van der Waals surface area (Å²) in [4.78, 5) is 29.0. The zero-order valence-corrected chi connectivity index (χ0v) is 19.6. The number of aromatic amines is 1. The van der Waals surface area contributed by atoms with Gasteiger partial charge < -0.3 is 15.6 Å². The summed E-state index contributed by atoms with van der Waals surface area (Å²) in [6.07, 6.45) is 0.274. The average Bonchev–Trinajstić information content (AvgIpc) is 3.58. The number of alkyl halides is 3. The molecule has 4 aromatic rings. The van der Waals surface area contributed by atoms with Crippen molar-refractivity contribution in [1.29, 1.82) is 0 Å². The van der Waals surface area contributed by atoms with Gasteiger partial charge in [0.1, 0.15) is 0 Å². The van der Waals surface area contributed by atoms with E-state index in [0.717, 1.165) is 12.1 Å². The maximum absolute atomic E-state index is 13.3. The van der Waals surface area contributed by atoms with Crippen molar-refractivity contribution < 1.29 is 22.8 Å². The van der Waals surface area contributed by atoms with Crippen LogP contribution in [0.15, 0.2) is 60.9 Å². The van der Waals surface area contributed by atoms with E-state index in [2.05, 4.69) is 25.9 Å². The van der Waals surface area contributed by atoms with Gasteiger partial charge in [-0.25, -0.2) is 0 Å². The number of carbonyl (C=O) groups excluding carboxylic acids is 2. The number of carbonyl (C=O) groups is 2. The molecule has 188 valence electrons. The predicted octanol–water partition coefficient (Wildman–Crippen LogP) is 4.52. The lowest BCUT2D eigenvalue weighted by Gasteiger charge is -2.12. The molecule has 1 aliphatic rings. The van der Waals surface area contributed by atoms with Crippen LogP contribution in [0.5, 0.6) is 0 Å². The summed E-state index contributed by atoms with van der Waals surface area (Å²) >= 11 is 0. The van der Waals surface area contributed by atoms with Crippen LogP contribution in [-0.2, 0) is 17.5 Å². The number of H-pyrrole nitrogens is 1. The second-order valence-electron chi connectivity index (χ2n) is 8.52. The first kappa shape index (κ1) is 24.0. The quantitative estimate of drug-likeness (QED) is 0.335. The van der Waals surface area contributed by atoms with Gasteiger partial charge in [0.15, 0.2) is 0 Å². The Balaban J connectivity index is 1.50. The van der Waals surface area contributed by atoms with E-state index in [1.54, 1.807) is 60.4 Å². The van der Waals surface area contributed by atoms with E-state index in [1.165, 1.54) is 6.07 Å². The number of hydrogen-bond acceptors (Lipinski definition) is 4. The van der Waals surface area contributed by atoms with Crippen LogP contribution in [0.2, 0.25) is 0 Å². The van der Waals surface area contributed by atoms with Crippen LogP contribution in [0.1, 0.15) is 32.9 Å². The molecule has 0 radical (unpaired) electrons. The predicted molar refractivity (Wildman–Crippen MR) is 131 cm³/mol. The van der Waals surface area contributed by atoms with Crippen molar-refractivity contribution in [2.75, 3.05) is 11.9 Å². The zero-order chi connectivity index (χ0) is 26.2. The van der Waals surface area contributed by atoms with E-state index in [4.69, 9.17) is 0 Å². The lowest BCUT2D eigenvalue weighted by Crippen LogP contribution is -2.27. The Morgan fingerprint density at radius 1 is 1.16 bits per heavy atom. The molecule has 0 saturated carbocycles. The first-order valence-corrected chi connectivity index (χ1v) is 11.4. The molecule has 0 fully saturated rings. The Kier molecular flexibility index (Phi) is 6.12. The van der Waals surface area contributed by atoms with Crippen LogP contribution in [0.3, 0.4) is 0 Å². The molecule has 37 heavy (non-hydrogen) atoms. The molecule has 0 spiro atoms. The summed E-state index contributed by atoms with van der Waals surface area (Å²) in [6.45, 7) is 2.53. The van der Waals surface area contributed by atoms with E-state index in [1.807, 2.05) is 0 Å². The minimum Gasteiger partial charge on any atom is -0.358 e. The summed E-state index contributed by atoms with van der Waals surface area (Å²) in [7, 11) is 0. The van der Waals surface area contributed by atoms with E-state index >= 15 is 0 Å². The number of aryl methyl sites for hydroxylation is 1. The van der Waals surface area contributed by atoms with Gasteiger partial charge in [-0.3, -0.25) is 14.3 Å². The molecule has 2 aromatic carbocycles. The molecule has 11 heteroatoms. The summed E-state index contributed by atoms with van der Waals surface area (Å²) in [5, 5.41) is 13.2. The van der Waals surface area contributed by atoms with Crippen molar-refractivity contribution in [2.24, 2.45) is 0 Å². The number of fused-ring (bicyclic) bond motifs is 1. The van der Waals surface area contributed by atoms with Gasteiger partial charge in [-0.2, -0.15) is 13.2 Å². The van der Waals surface area contributed by atoms with Gasteiger partial charge in [-0.1, -0.05) is 29.5 Å². The van der Waals surface area contributed by atoms with Gasteiger partial charge in [0.2, 0.25) is 0 Å². The number of hydrogen-bond donors (Lipinski definition) is 3. The summed E-state index contributed by atoms with van der Waals surface area (Å²) < 4.78 is 41.6. The van der Waals surface area contributed by atoms with Crippen molar-refractivity contribution in [3.63, 3.8) is 0 Å². The number of nitrogens with one attached hydrogen (secondary N) is 3. The Bertz CT molecular complexity index is 1520. The minimum absolute atomic E-state index is 0.238. The average molecular weight is 506 g/mol. The van der Waals surface area contributed by atoms with Gasteiger partial charge >= 0.3 is 6.18 Å². The molecule has 0 aliphatic carbocycles. The molecule has 1 aliphatic heterocycles. The monoisotopic (exact) mass is 506 g/mol. The van der Waals surface area contributed by atoms with Crippen molar-refractivity contribution in [3.05, 3.63) is 89.0 Å². The van der Waals surface area contributed by atoms with Crippen LogP contribution < -0.4 is 10.6 Å². The number of halogens is 3. The number of nitrogens with zero attached hydrogens (tertiary/aromatic N) is 3. The van der Waals surface area contributed by atoms with Crippen molar-refractivity contribution in [1.82, 2.24) is 25.3 Å². The molecule has 2 aromatic heterocycles. The molecule has 0 saturated heterocycles. The van der Waals surface area contributed by atoms with E-state index in [0.29, 0.717) is 52.4 Å². The molecule has 8 nitrogen and oxygen atoms in total. The van der Waals surface area contributed by atoms with Gasteiger partial charge in [0.25, 0.3) is 11.8 Å². The number of anilines is 1. The van der Waals surface area contributed by atoms with Crippen molar-refractivity contribution in [3.8, 4) is 11.1 Å². The number of benzene rings is 2. The van der Waals surface area contributed by atoms with Gasteiger partial charge in [-0.05, 0) is 48.4 Å². The second kappa shape index (κ2) is 9.41. The molecular formula is C26H21F3N6O2. The van der Waals surface area contributed by atoms with Crippen molar-refractivity contribution >= 4 is 29.2 Å². The standard InChI is InChI=1S/C26H21F3N6O2/c1-15-12-19(24(36)30-8-10-35-11-9-31-34-35)22(32-15)14-20-23-18(6-3-7-21(23)33-25(20)37)16-4-2-5-17(13-16)26(27,28)29/h2-7,9,11-14,32H,8,10H2,1H3,(H,30,36)(H,33,37). The maximum atomic E-state index is 13.3. The summed E-state index contributed by atoms with van der Waals surface area (Å²) in [5.74, 6) is -0.764. The highest BCUT2D eigenvalue weighted by Crippen LogP contribution is 2.41.